The van der Waals surface area contributed by atoms with Crippen molar-refractivity contribution in [3.05, 3.63) is 102 Å². The van der Waals surface area contributed by atoms with Gasteiger partial charge in [0.05, 0.1) is 5.52 Å². The Morgan fingerprint density at radius 1 is 0.710 bits per heavy atom. The Balaban J connectivity index is 0.00000204. The Bertz CT molecular complexity index is 1450. The summed E-state index contributed by atoms with van der Waals surface area (Å²) in [5.41, 5.74) is 13.2. The van der Waals surface area contributed by atoms with Crippen LogP contribution >= 0.6 is 0 Å². The van der Waals surface area contributed by atoms with E-state index in [1.165, 1.54) is 49.9 Å². The molecule has 0 amide bonds. The van der Waals surface area contributed by atoms with Crippen LogP contribution in [0.2, 0.25) is 0 Å². The van der Waals surface area contributed by atoms with Crippen LogP contribution in [0.1, 0.15) is 11.1 Å². The zero-order valence-corrected chi connectivity index (χ0v) is 19.8. The molecule has 6 rings (SSSR count). The van der Waals surface area contributed by atoms with Gasteiger partial charge in [0, 0.05) is 25.5 Å². The molecule has 5 aromatic rings. The SMILES string of the molecule is Cc1ccc(-c2cc[c-]c(-c3nc4cccc5c4c(c3C)-c3ccccc3-5)c2)cc1.[Ir]. The number of benzene rings is 4. The number of rotatable bonds is 2. The third-order valence-corrected chi connectivity index (χ3v) is 6.18. The average Bonchev–Trinajstić information content (AvgIpc) is 3.13. The predicted molar refractivity (Wildman–Crippen MR) is 125 cm³/mol. The molecule has 0 fully saturated rings. The van der Waals surface area contributed by atoms with Crippen molar-refractivity contribution in [1.82, 2.24) is 4.98 Å². The fourth-order valence-corrected chi connectivity index (χ4v) is 4.69. The van der Waals surface area contributed by atoms with E-state index in [0.29, 0.717) is 0 Å². The fraction of sp³-hybridized carbons (Fsp3) is 0.0690. The number of fused-ring (bicyclic) bond motifs is 3. The summed E-state index contributed by atoms with van der Waals surface area (Å²) in [6.45, 7) is 4.31. The second kappa shape index (κ2) is 7.57. The Kier molecular flexibility index (Phi) is 4.85. The molecule has 31 heavy (non-hydrogen) atoms. The Morgan fingerprint density at radius 3 is 2.26 bits per heavy atom. The number of hydrogen-bond donors (Lipinski definition) is 0. The van der Waals surface area contributed by atoms with Gasteiger partial charge in [0.2, 0.25) is 0 Å². The van der Waals surface area contributed by atoms with E-state index in [1.54, 1.807) is 0 Å². The van der Waals surface area contributed by atoms with E-state index in [2.05, 4.69) is 98.8 Å². The second-order valence-electron chi connectivity index (χ2n) is 8.06. The van der Waals surface area contributed by atoms with E-state index in [4.69, 9.17) is 4.98 Å². The third kappa shape index (κ3) is 3.06. The quantitative estimate of drug-likeness (QED) is 0.194. The summed E-state index contributed by atoms with van der Waals surface area (Å²) < 4.78 is 0. The van der Waals surface area contributed by atoms with Crippen LogP contribution in [0.5, 0.6) is 0 Å². The first-order valence-electron chi connectivity index (χ1n) is 10.3. The predicted octanol–water partition coefficient (Wildman–Crippen LogP) is 7.63. The minimum absolute atomic E-state index is 0. The number of pyridine rings is 1. The van der Waals surface area contributed by atoms with Gasteiger partial charge >= 0.3 is 0 Å². The van der Waals surface area contributed by atoms with Crippen LogP contribution in [-0.4, -0.2) is 4.98 Å². The van der Waals surface area contributed by atoms with Crippen molar-refractivity contribution in [3.8, 4) is 44.6 Å². The average molecular weight is 575 g/mol. The van der Waals surface area contributed by atoms with Gasteiger partial charge in [-0.05, 0) is 53.4 Å². The summed E-state index contributed by atoms with van der Waals surface area (Å²) in [6, 6.07) is 33.6. The summed E-state index contributed by atoms with van der Waals surface area (Å²) in [4.78, 5) is 5.11. The number of hydrogen-bond acceptors (Lipinski definition) is 1. The maximum atomic E-state index is 5.11. The molecule has 0 saturated carbocycles. The molecule has 4 aromatic carbocycles. The van der Waals surface area contributed by atoms with Crippen LogP contribution in [0, 0.1) is 19.9 Å². The number of aromatic nitrogens is 1. The smallest absolute Gasteiger partial charge is 0.0608 e. The first kappa shape index (κ1) is 19.9. The van der Waals surface area contributed by atoms with Gasteiger partial charge in [-0.25, -0.2) is 0 Å². The van der Waals surface area contributed by atoms with Gasteiger partial charge in [-0.1, -0.05) is 71.8 Å². The molecule has 1 nitrogen and oxygen atoms in total. The Morgan fingerprint density at radius 2 is 1.45 bits per heavy atom. The van der Waals surface area contributed by atoms with Crippen molar-refractivity contribution in [1.29, 1.82) is 0 Å². The van der Waals surface area contributed by atoms with Gasteiger partial charge < -0.3 is 0 Å². The van der Waals surface area contributed by atoms with Crippen molar-refractivity contribution in [2.45, 2.75) is 13.8 Å². The second-order valence-corrected chi connectivity index (χ2v) is 8.06. The molecular formula is C29H20IrN-. The summed E-state index contributed by atoms with van der Waals surface area (Å²) >= 11 is 0. The maximum absolute atomic E-state index is 5.11. The van der Waals surface area contributed by atoms with E-state index in [-0.39, 0.29) is 20.1 Å². The first-order valence-corrected chi connectivity index (χ1v) is 10.3. The van der Waals surface area contributed by atoms with Gasteiger partial charge in [-0.3, -0.25) is 4.98 Å². The monoisotopic (exact) mass is 575 g/mol. The fourth-order valence-electron chi connectivity index (χ4n) is 4.69. The molecule has 2 heteroatoms. The van der Waals surface area contributed by atoms with E-state index in [0.717, 1.165) is 16.8 Å². The molecule has 0 spiro atoms. The van der Waals surface area contributed by atoms with Crippen molar-refractivity contribution in [2.75, 3.05) is 0 Å². The molecule has 1 aliphatic carbocycles. The van der Waals surface area contributed by atoms with Gasteiger partial charge in [-0.2, -0.15) is 0 Å². The maximum Gasteiger partial charge on any atom is 0.0608 e. The molecule has 1 radical (unpaired) electrons. The minimum Gasteiger partial charge on any atom is -0.296 e. The normalized spacial score (nSPS) is 11.3. The summed E-state index contributed by atoms with van der Waals surface area (Å²) in [5, 5.41) is 1.27. The van der Waals surface area contributed by atoms with Crippen LogP contribution in [-0.2, 0) is 20.1 Å². The summed E-state index contributed by atoms with van der Waals surface area (Å²) in [6.07, 6.45) is 0. The van der Waals surface area contributed by atoms with Gasteiger partial charge in [0.1, 0.15) is 0 Å². The standard InChI is InChI=1S/C29H20N.Ir/c1-18-13-15-20(16-14-18)21-7-5-8-22(17-21)29-19(2)27-24-10-4-3-9-23(24)25-11-6-12-26(30-29)28(25)27;/h3-7,9-17H,1-2H3;/q-1;. The van der Waals surface area contributed by atoms with Crippen LogP contribution in [0.15, 0.2) is 84.9 Å². The zero-order chi connectivity index (χ0) is 20.2. The number of aryl methyl sites for hydroxylation is 1. The molecule has 0 unspecified atom stereocenters. The molecule has 0 saturated heterocycles. The third-order valence-electron chi connectivity index (χ3n) is 6.18. The zero-order valence-electron chi connectivity index (χ0n) is 17.4. The van der Waals surface area contributed by atoms with Gasteiger partial charge in [0.25, 0.3) is 0 Å². The van der Waals surface area contributed by atoms with Crippen molar-refractivity contribution in [2.24, 2.45) is 0 Å². The van der Waals surface area contributed by atoms with Crippen molar-refractivity contribution >= 4 is 10.9 Å². The molecule has 0 bridgehead atoms. The minimum atomic E-state index is 0. The molecule has 151 valence electrons. The van der Waals surface area contributed by atoms with Gasteiger partial charge in [0.15, 0.2) is 0 Å². The summed E-state index contributed by atoms with van der Waals surface area (Å²) in [5.74, 6) is 0. The molecule has 0 N–H and O–H groups in total. The molecule has 1 aromatic heterocycles. The van der Waals surface area contributed by atoms with Crippen LogP contribution in [0.25, 0.3) is 55.5 Å². The molecule has 0 atom stereocenters. The number of nitrogens with zero attached hydrogens (tertiary/aromatic N) is 1. The molecule has 1 heterocycles. The van der Waals surface area contributed by atoms with Crippen LogP contribution < -0.4 is 0 Å². The first-order chi connectivity index (χ1) is 14.7. The summed E-state index contributed by atoms with van der Waals surface area (Å²) in [7, 11) is 0. The molecular weight excluding hydrogens is 555 g/mol. The van der Waals surface area contributed by atoms with Gasteiger partial charge in [-0.15, -0.1) is 35.4 Å². The van der Waals surface area contributed by atoms with E-state index in [9.17, 15) is 0 Å². The molecule has 1 aliphatic rings. The van der Waals surface area contributed by atoms with Crippen LogP contribution in [0.4, 0.5) is 0 Å². The topological polar surface area (TPSA) is 12.9 Å². The van der Waals surface area contributed by atoms with Crippen LogP contribution in [0.3, 0.4) is 0 Å². The largest absolute Gasteiger partial charge is 0.296 e. The Labute approximate surface area is 196 Å². The van der Waals surface area contributed by atoms with Crippen molar-refractivity contribution < 1.29 is 20.1 Å². The van der Waals surface area contributed by atoms with Crippen molar-refractivity contribution in [3.63, 3.8) is 0 Å². The van der Waals surface area contributed by atoms with E-state index < -0.39 is 0 Å². The van der Waals surface area contributed by atoms with E-state index >= 15 is 0 Å². The molecule has 0 aliphatic heterocycles. The Hall–Kier alpha value is -3.06. The van der Waals surface area contributed by atoms with E-state index in [1.807, 2.05) is 6.07 Å².